The second-order valence-corrected chi connectivity index (χ2v) is 7.24. The number of aromatic amines is 1. The Morgan fingerprint density at radius 3 is 2.76 bits per heavy atom. The molecule has 3 aromatic rings. The number of para-hydroxylation sites is 2. The number of H-pyrrole nitrogens is 1. The number of aromatic nitrogens is 1. The van der Waals surface area contributed by atoms with Gasteiger partial charge in [0.1, 0.15) is 18.0 Å². The highest BCUT2D eigenvalue weighted by atomic mass is 16.6. The predicted octanol–water partition coefficient (Wildman–Crippen LogP) is 2.63. The highest BCUT2D eigenvalue weighted by Gasteiger charge is 2.29. The number of fused-ring (bicyclic) bond motifs is 2. The zero-order valence-electron chi connectivity index (χ0n) is 16.1. The van der Waals surface area contributed by atoms with Gasteiger partial charge in [0.2, 0.25) is 0 Å². The van der Waals surface area contributed by atoms with Crippen molar-refractivity contribution >= 4 is 28.0 Å². The maximum Gasteiger partial charge on any atom is 0.199 e. The van der Waals surface area contributed by atoms with Crippen LogP contribution in [-0.2, 0) is 4.84 Å². The van der Waals surface area contributed by atoms with E-state index in [1.54, 1.807) is 0 Å². The van der Waals surface area contributed by atoms with E-state index in [0.29, 0.717) is 23.6 Å². The van der Waals surface area contributed by atoms with Crippen LogP contribution in [0.4, 0.5) is 5.69 Å². The van der Waals surface area contributed by atoms with Gasteiger partial charge in [-0.1, -0.05) is 41.6 Å². The first-order valence-electron chi connectivity index (χ1n) is 9.93. The lowest BCUT2D eigenvalue weighted by atomic mass is 10.0. The van der Waals surface area contributed by atoms with Crippen molar-refractivity contribution in [2.75, 3.05) is 39.3 Å². The van der Waals surface area contributed by atoms with Gasteiger partial charge >= 0.3 is 0 Å². The molecule has 0 amide bonds. The lowest BCUT2D eigenvalue weighted by Gasteiger charge is -2.26. The van der Waals surface area contributed by atoms with Crippen molar-refractivity contribution in [3.05, 3.63) is 59.7 Å². The third-order valence-electron chi connectivity index (χ3n) is 5.40. The third-order valence-corrected chi connectivity index (χ3v) is 5.40. The monoisotopic (exact) mass is 389 g/mol. The van der Waals surface area contributed by atoms with E-state index < -0.39 is 0 Å². The number of oxime groups is 1. The van der Waals surface area contributed by atoms with Crippen molar-refractivity contribution in [3.63, 3.8) is 0 Å². The standard InChI is InChI=1S/C22H23N5O2/c28-22-19(15-5-1-3-7-17(15)25-22)21-20(16-6-2-4-8-18(16)24-21)26-29-14-13-27-11-9-23-10-12-27/h1-8,23,25,28H,9-14H2/b26-20+. The smallest absolute Gasteiger partial charge is 0.199 e. The first kappa shape index (κ1) is 17.9. The number of piperazine rings is 1. The van der Waals surface area contributed by atoms with Gasteiger partial charge in [0.25, 0.3) is 0 Å². The fourth-order valence-corrected chi connectivity index (χ4v) is 3.92. The highest BCUT2D eigenvalue weighted by Crippen LogP contribution is 2.35. The van der Waals surface area contributed by atoms with Gasteiger partial charge in [-0.25, -0.2) is 4.99 Å². The van der Waals surface area contributed by atoms with E-state index in [0.717, 1.165) is 54.9 Å². The van der Waals surface area contributed by atoms with Gasteiger partial charge in [-0.2, -0.15) is 0 Å². The molecule has 1 saturated heterocycles. The van der Waals surface area contributed by atoms with E-state index in [1.807, 2.05) is 48.5 Å². The number of nitrogens with zero attached hydrogens (tertiary/aromatic N) is 3. The molecule has 7 nitrogen and oxygen atoms in total. The average molecular weight is 389 g/mol. The molecule has 0 aliphatic carbocycles. The quantitative estimate of drug-likeness (QED) is 0.463. The molecule has 1 aromatic heterocycles. The lowest BCUT2D eigenvalue weighted by molar-refractivity contribution is 0.106. The Morgan fingerprint density at radius 2 is 1.86 bits per heavy atom. The summed E-state index contributed by atoms with van der Waals surface area (Å²) in [5, 5.41) is 19.3. The van der Waals surface area contributed by atoms with E-state index >= 15 is 0 Å². The molecule has 148 valence electrons. The Kier molecular flexibility index (Phi) is 4.75. The predicted molar refractivity (Wildman–Crippen MR) is 114 cm³/mol. The molecule has 0 unspecified atom stereocenters. The van der Waals surface area contributed by atoms with Crippen LogP contribution in [0.1, 0.15) is 11.1 Å². The summed E-state index contributed by atoms with van der Waals surface area (Å²) in [5.41, 5.74) is 4.54. The Morgan fingerprint density at radius 1 is 1.07 bits per heavy atom. The van der Waals surface area contributed by atoms with E-state index in [2.05, 4.69) is 20.4 Å². The molecule has 3 N–H and O–H groups in total. The van der Waals surface area contributed by atoms with Crippen LogP contribution in [0.25, 0.3) is 10.9 Å². The molecule has 2 aromatic carbocycles. The third kappa shape index (κ3) is 3.39. The summed E-state index contributed by atoms with van der Waals surface area (Å²) in [6.45, 7) is 5.43. The Balaban J connectivity index is 1.45. The van der Waals surface area contributed by atoms with Crippen molar-refractivity contribution in [2.24, 2.45) is 10.1 Å². The van der Waals surface area contributed by atoms with Crippen molar-refractivity contribution in [1.82, 2.24) is 15.2 Å². The molecule has 0 saturated carbocycles. The van der Waals surface area contributed by atoms with Crippen molar-refractivity contribution in [1.29, 1.82) is 0 Å². The molecule has 7 heteroatoms. The van der Waals surface area contributed by atoms with E-state index in [4.69, 9.17) is 9.83 Å². The molecule has 3 heterocycles. The first-order chi connectivity index (χ1) is 14.3. The van der Waals surface area contributed by atoms with Crippen LogP contribution in [0.5, 0.6) is 5.88 Å². The maximum absolute atomic E-state index is 10.6. The number of aliphatic imine (C=N–C) groups is 1. The van der Waals surface area contributed by atoms with E-state index in [9.17, 15) is 5.11 Å². The molecule has 0 radical (unpaired) electrons. The molecule has 5 rings (SSSR count). The normalized spacial score (nSPS) is 18.2. The molecule has 2 aliphatic rings. The molecule has 29 heavy (non-hydrogen) atoms. The minimum atomic E-state index is 0.0891. The van der Waals surface area contributed by atoms with Crippen molar-refractivity contribution in [2.45, 2.75) is 0 Å². The topological polar surface area (TPSA) is 85.2 Å². The van der Waals surface area contributed by atoms with E-state index in [1.165, 1.54) is 0 Å². The van der Waals surface area contributed by atoms with Gasteiger partial charge in [0, 0.05) is 49.2 Å². The second kappa shape index (κ2) is 7.69. The fourth-order valence-electron chi connectivity index (χ4n) is 3.92. The minimum Gasteiger partial charge on any atom is -0.494 e. The Labute approximate surface area is 168 Å². The summed E-state index contributed by atoms with van der Waals surface area (Å²) in [6, 6.07) is 15.6. The van der Waals surface area contributed by atoms with E-state index in [-0.39, 0.29) is 5.88 Å². The summed E-state index contributed by atoms with van der Waals surface area (Å²) in [5.74, 6) is 0.0891. The van der Waals surface area contributed by atoms with Crippen LogP contribution in [-0.4, -0.2) is 65.7 Å². The van der Waals surface area contributed by atoms with Crippen LogP contribution in [0.3, 0.4) is 0 Å². The maximum atomic E-state index is 10.6. The van der Waals surface area contributed by atoms with Gasteiger partial charge < -0.3 is 20.2 Å². The highest BCUT2D eigenvalue weighted by molar-refractivity contribution is 6.58. The van der Waals surface area contributed by atoms with Gasteiger partial charge in [0.15, 0.2) is 5.88 Å². The summed E-state index contributed by atoms with van der Waals surface area (Å²) in [7, 11) is 0. The first-order valence-corrected chi connectivity index (χ1v) is 9.93. The molecular weight excluding hydrogens is 366 g/mol. The van der Waals surface area contributed by atoms with Crippen molar-refractivity contribution < 1.29 is 9.94 Å². The van der Waals surface area contributed by atoms with Gasteiger partial charge in [0.05, 0.1) is 11.3 Å². The summed E-state index contributed by atoms with van der Waals surface area (Å²) in [4.78, 5) is 15.9. The lowest BCUT2D eigenvalue weighted by Crippen LogP contribution is -2.44. The average Bonchev–Trinajstić information content (AvgIpc) is 3.28. The molecular formula is C22H23N5O2. The number of hydrogen-bond acceptors (Lipinski definition) is 6. The molecule has 2 aliphatic heterocycles. The van der Waals surface area contributed by atoms with Crippen LogP contribution < -0.4 is 5.32 Å². The summed E-state index contributed by atoms with van der Waals surface area (Å²) < 4.78 is 0. The SMILES string of the molecule is Oc1[nH]c2ccccc2c1C1=Nc2ccccc2/C1=N\OCCN1CCNCC1. The van der Waals surface area contributed by atoms with Crippen LogP contribution in [0.15, 0.2) is 58.7 Å². The summed E-state index contributed by atoms with van der Waals surface area (Å²) >= 11 is 0. The Hall–Kier alpha value is -3.16. The van der Waals surface area contributed by atoms with Gasteiger partial charge in [-0.3, -0.25) is 4.90 Å². The van der Waals surface area contributed by atoms with Crippen LogP contribution in [0, 0.1) is 0 Å². The van der Waals surface area contributed by atoms with Crippen molar-refractivity contribution in [3.8, 4) is 5.88 Å². The van der Waals surface area contributed by atoms with Crippen LogP contribution >= 0.6 is 0 Å². The molecule has 0 spiro atoms. The summed E-state index contributed by atoms with van der Waals surface area (Å²) in [6.07, 6.45) is 0. The number of rotatable bonds is 5. The van der Waals surface area contributed by atoms with Crippen LogP contribution in [0.2, 0.25) is 0 Å². The van der Waals surface area contributed by atoms with Gasteiger partial charge in [-0.15, -0.1) is 0 Å². The molecule has 0 atom stereocenters. The fraction of sp³-hybridized carbons (Fsp3) is 0.273. The zero-order valence-corrected chi connectivity index (χ0v) is 16.1. The largest absolute Gasteiger partial charge is 0.494 e. The number of nitrogens with one attached hydrogen (secondary N) is 2. The number of benzene rings is 2. The van der Waals surface area contributed by atoms with Gasteiger partial charge in [-0.05, 0) is 12.1 Å². The zero-order chi connectivity index (χ0) is 19.6. The second-order valence-electron chi connectivity index (χ2n) is 7.24. The minimum absolute atomic E-state index is 0.0891. The molecule has 0 bridgehead atoms. The molecule has 1 fully saturated rings. The Bertz CT molecular complexity index is 1100. The number of hydrogen-bond donors (Lipinski definition) is 3. The number of aromatic hydroxyl groups is 1.